The number of ether oxygens (including phenoxy) is 1. The zero-order valence-electron chi connectivity index (χ0n) is 10.7. The number of hydrogen-bond acceptors (Lipinski definition) is 4. The Morgan fingerprint density at radius 1 is 1.56 bits per heavy atom. The molecule has 0 bridgehead atoms. The number of aromatic carboxylic acids is 1. The summed E-state index contributed by atoms with van der Waals surface area (Å²) < 4.78 is 5.47. The number of hydrogen-bond donors (Lipinski definition) is 2. The third-order valence-corrected chi connectivity index (χ3v) is 3.18. The quantitative estimate of drug-likeness (QED) is 0.859. The molecule has 0 spiro atoms. The summed E-state index contributed by atoms with van der Waals surface area (Å²) in [5.41, 5.74) is 0.640. The lowest BCUT2D eigenvalue weighted by molar-refractivity contribution is 0.0539. The number of aromatic nitrogens is 1. The van der Waals surface area contributed by atoms with E-state index in [-0.39, 0.29) is 11.1 Å². The van der Waals surface area contributed by atoms with Gasteiger partial charge in [-0.25, -0.2) is 9.78 Å². The lowest BCUT2D eigenvalue weighted by Crippen LogP contribution is -2.43. The second-order valence-corrected chi connectivity index (χ2v) is 4.98. The molecule has 5 nitrogen and oxygen atoms in total. The number of aryl methyl sites for hydroxylation is 1. The maximum atomic E-state index is 10.9. The summed E-state index contributed by atoms with van der Waals surface area (Å²) in [7, 11) is 0. The van der Waals surface area contributed by atoms with Gasteiger partial charge in [0.2, 0.25) is 0 Å². The van der Waals surface area contributed by atoms with Crippen LogP contribution in [0.4, 0.5) is 5.82 Å². The summed E-state index contributed by atoms with van der Waals surface area (Å²) >= 11 is 0. The third-order valence-electron chi connectivity index (χ3n) is 3.18. The Morgan fingerprint density at radius 2 is 2.33 bits per heavy atom. The van der Waals surface area contributed by atoms with Crippen LogP contribution in [0.1, 0.15) is 35.8 Å². The van der Waals surface area contributed by atoms with E-state index >= 15 is 0 Å². The van der Waals surface area contributed by atoms with Gasteiger partial charge in [0.05, 0.1) is 23.4 Å². The summed E-state index contributed by atoms with van der Waals surface area (Å²) in [4.78, 5) is 15.2. The lowest BCUT2D eigenvalue weighted by atomic mass is 9.95. The van der Waals surface area contributed by atoms with E-state index in [0.29, 0.717) is 18.1 Å². The van der Waals surface area contributed by atoms with Crippen molar-refractivity contribution in [2.24, 2.45) is 0 Å². The Bertz CT molecular complexity index is 454. The molecule has 5 heteroatoms. The van der Waals surface area contributed by atoms with Crippen molar-refractivity contribution in [3.63, 3.8) is 0 Å². The summed E-state index contributed by atoms with van der Waals surface area (Å²) in [6, 6.07) is 3.29. The number of pyridine rings is 1. The number of nitrogens with zero attached hydrogens (tertiary/aromatic N) is 1. The van der Waals surface area contributed by atoms with Gasteiger partial charge in [-0.2, -0.15) is 0 Å². The van der Waals surface area contributed by atoms with Crippen LogP contribution in [0.5, 0.6) is 0 Å². The molecule has 1 saturated heterocycles. The zero-order valence-corrected chi connectivity index (χ0v) is 10.7. The van der Waals surface area contributed by atoms with E-state index in [9.17, 15) is 4.79 Å². The third kappa shape index (κ3) is 2.79. The topological polar surface area (TPSA) is 71.5 Å². The van der Waals surface area contributed by atoms with Crippen molar-refractivity contribution in [1.82, 2.24) is 4.98 Å². The molecule has 18 heavy (non-hydrogen) atoms. The van der Waals surface area contributed by atoms with Crippen LogP contribution in [0.15, 0.2) is 12.1 Å². The molecular formula is C13H18N2O3. The molecule has 1 aliphatic heterocycles. The fourth-order valence-electron chi connectivity index (χ4n) is 2.20. The highest BCUT2D eigenvalue weighted by molar-refractivity contribution is 5.89. The van der Waals surface area contributed by atoms with Crippen LogP contribution in [-0.2, 0) is 4.74 Å². The van der Waals surface area contributed by atoms with Crippen LogP contribution in [-0.4, -0.2) is 34.8 Å². The van der Waals surface area contributed by atoms with E-state index in [1.165, 1.54) is 0 Å². The maximum absolute atomic E-state index is 10.9. The first-order chi connectivity index (χ1) is 8.50. The molecule has 2 rings (SSSR count). The number of carboxylic acids is 1. The first-order valence-electron chi connectivity index (χ1n) is 6.07. The van der Waals surface area contributed by atoms with Gasteiger partial charge in [0.15, 0.2) is 0 Å². The SMILES string of the molecule is Cc1nc(NC2(C)CCCOC2)ccc1C(=O)O. The molecule has 2 N–H and O–H groups in total. The molecule has 2 heterocycles. The minimum absolute atomic E-state index is 0.123. The standard InChI is InChI=1S/C13H18N2O3/c1-9-10(12(16)17)4-5-11(14-9)15-13(2)6-3-7-18-8-13/h4-5H,3,6-8H2,1-2H3,(H,14,15)(H,16,17). The highest BCUT2D eigenvalue weighted by Crippen LogP contribution is 2.23. The number of carbonyl (C=O) groups is 1. The largest absolute Gasteiger partial charge is 0.478 e. The smallest absolute Gasteiger partial charge is 0.337 e. The minimum Gasteiger partial charge on any atom is -0.478 e. The van der Waals surface area contributed by atoms with E-state index in [1.54, 1.807) is 19.1 Å². The molecule has 0 aliphatic carbocycles. The first-order valence-corrected chi connectivity index (χ1v) is 6.07. The van der Waals surface area contributed by atoms with Crippen molar-refractivity contribution < 1.29 is 14.6 Å². The van der Waals surface area contributed by atoms with Crippen molar-refractivity contribution >= 4 is 11.8 Å². The number of anilines is 1. The predicted octanol–water partition coefficient (Wildman–Crippen LogP) is 2.07. The van der Waals surface area contributed by atoms with E-state index in [4.69, 9.17) is 9.84 Å². The summed E-state index contributed by atoms with van der Waals surface area (Å²) in [6.07, 6.45) is 2.05. The second-order valence-electron chi connectivity index (χ2n) is 4.98. The molecule has 1 fully saturated rings. The molecule has 0 amide bonds. The molecule has 1 atom stereocenters. The molecule has 98 valence electrons. The fraction of sp³-hybridized carbons (Fsp3) is 0.538. The Kier molecular flexibility index (Phi) is 3.52. The summed E-state index contributed by atoms with van der Waals surface area (Å²) in [5.74, 6) is -0.246. The van der Waals surface area contributed by atoms with Crippen LogP contribution in [0.25, 0.3) is 0 Å². The van der Waals surface area contributed by atoms with Crippen LogP contribution in [0.3, 0.4) is 0 Å². The van der Waals surface area contributed by atoms with Crippen LogP contribution < -0.4 is 5.32 Å². The monoisotopic (exact) mass is 250 g/mol. The first kappa shape index (κ1) is 12.8. The van der Waals surface area contributed by atoms with Gasteiger partial charge < -0.3 is 15.2 Å². The highest BCUT2D eigenvalue weighted by Gasteiger charge is 2.27. The average Bonchev–Trinajstić information content (AvgIpc) is 2.28. The second kappa shape index (κ2) is 4.94. The molecule has 1 unspecified atom stereocenters. The molecular weight excluding hydrogens is 232 g/mol. The van der Waals surface area contributed by atoms with Gasteiger partial charge in [-0.15, -0.1) is 0 Å². The summed E-state index contributed by atoms with van der Waals surface area (Å²) in [6.45, 7) is 5.25. The van der Waals surface area contributed by atoms with Crippen LogP contribution in [0, 0.1) is 6.92 Å². The van der Waals surface area contributed by atoms with Crippen molar-refractivity contribution in [1.29, 1.82) is 0 Å². The number of nitrogens with one attached hydrogen (secondary N) is 1. The Balaban J connectivity index is 2.14. The molecule has 1 aromatic rings. The lowest BCUT2D eigenvalue weighted by Gasteiger charge is -2.34. The maximum Gasteiger partial charge on any atom is 0.337 e. The van der Waals surface area contributed by atoms with Crippen LogP contribution in [0.2, 0.25) is 0 Å². The predicted molar refractivity (Wildman–Crippen MR) is 68.0 cm³/mol. The van der Waals surface area contributed by atoms with E-state index in [1.807, 2.05) is 0 Å². The van der Waals surface area contributed by atoms with Crippen molar-refractivity contribution in [2.75, 3.05) is 18.5 Å². The molecule has 0 radical (unpaired) electrons. The van der Waals surface area contributed by atoms with E-state index in [0.717, 1.165) is 19.4 Å². The van der Waals surface area contributed by atoms with Gasteiger partial charge in [-0.1, -0.05) is 0 Å². The Labute approximate surface area is 106 Å². The highest BCUT2D eigenvalue weighted by atomic mass is 16.5. The van der Waals surface area contributed by atoms with Crippen molar-refractivity contribution in [3.05, 3.63) is 23.4 Å². The van der Waals surface area contributed by atoms with Crippen LogP contribution >= 0.6 is 0 Å². The van der Waals surface area contributed by atoms with Crippen molar-refractivity contribution in [2.45, 2.75) is 32.2 Å². The van der Waals surface area contributed by atoms with Crippen molar-refractivity contribution in [3.8, 4) is 0 Å². The van der Waals surface area contributed by atoms with Gasteiger partial charge in [0.1, 0.15) is 5.82 Å². The number of carboxylic acid groups (broad SMARTS) is 1. The normalized spacial score (nSPS) is 23.7. The van der Waals surface area contributed by atoms with Gasteiger partial charge in [-0.05, 0) is 38.8 Å². The van der Waals surface area contributed by atoms with Gasteiger partial charge in [0, 0.05) is 6.61 Å². The summed E-state index contributed by atoms with van der Waals surface area (Å²) in [5, 5.41) is 12.3. The Hall–Kier alpha value is -1.62. The van der Waals surface area contributed by atoms with E-state index in [2.05, 4.69) is 17.2 Å². The molecule has 1 aromatic heterocycles. The van der Waals surface area contributed by atoms with Gasteiger partial charge in [0.25, 0.3) is 0 Å². The van der Waals surface area contributed by atoms with Gasteiger partial charge >= 0.3 is 5.97 Å². The molecule has 0 aromatic carbocycles. The van der Waals surface area contributed by atoms with E-state index < -0.39 is 5.97 Å². The average molecular weight is 250 g/mol. The Morgan fingerprint density at radius 3 is 2.89 bits per heavy atom. The molecule has 0 saturated carbocycles. The minimum atomic E-state index is -0.946. The van der Waals surface area contributed by atoms with Gasteiger partial charge in [-0.3, -0.25) is 0 Å². The number of rotatable bonds is 3. The molecule has 1 aliphatic rings. The fourth-order valence-corrected chi connectivity index (χ4v) is 2.20. The zero-order chi connectivity index (χ0) is 13.2.